The Morgan fingerprint density at radius 2 is 1.82 bits per heavy atom. The first-order valence-corrected chi connectivity index (χ1v) is 14.0. The number of benzene rings is 1. The van der Waals surface area contributed by atoms with Gasteiger partial charge in [0, 0.05) is 87.4 Å². The molecule has 0 aliphatic carbocycles. The molecule has 0 spiro atoms. The number of aromatic nitrogens is 3. The van der Waals surface area contributed by atoms with Gasteiger partial charge < -0.3 is 24.4 Å². The maximum absolute atomic E-state index is 9.43. The van der Waals surface area contributed by atoms with Crippen LogP contribution in [0, 0.1) is 6.92 Å². The van der Waals surface area contributed by atoms with E-state index in [0.717, 1.165) is 93.7 Å². The summed E-state index contributed by atoms with van der Waals surface area (Å²) in [6.45, 7) is 10.8. The first-order valence-electron chi connectivity index (χ1n) is 13.1. The van der Waals surface area contributed by atoms with E-state index in [0.29, 0.717) is 0 Å². The van der Waals surface area contributed by atoms with E-state index in [4.69, 9.17) is 14.7 Å². The molecule has 4 aromatic rings. The minimum absolute atomic E-state index is 0.743. The lowest BCUT2D eigenvalue weighted by Crippen LogP contribution is -2.43. The summed E-state index contributed by atoms with van der Waals surface area (Å²) in [5.41, 5.74) is 4.48. The summed E-state index contributed by atoms with van der Waals surface area (Å²) in [4.78, 5) is 33.2. The van der Waals surface area contributed by atoms with Crippen molar-refractivity contribution in [3.63, 3.8) is 0 Å². The molecule has 2 saturated heterocycles. The van der Waals surface area contributed by atoms with E-state index >= 15 is 0 Å². The zero-order valence-corrected chi connectivity index (χ0v) is 23.6. The third-order valence-corrected chi connectivity index (χ3v) is 8.06. The highest BCUT2D eigenvalue weighted by Crippen LogP contribution is 2.36. The number of thiophene rings is 1. The van der Waals surface area contributed by atoms with Gasteiger partial charge in [0.2, 0.25) is 6.41 Å². The molecule has 2 aliphatic heterocycles. The van der Waals surface area contributed by atoms with Crippen molar-refractivity contribution in [3.05, 3.63) is 40.9 Å². The summed E-state index contributed by atoms with van der Waals surface area (Å²) in [5, 5.41) is 1.17. The Labute approximate surface area is 228 Å². The van der Waals surface area contributed by atoms with Crippen LogP contribution in [-0.4, -0.2) is 110 Å². The van der Waals surface area contributed by atoms with Gasteiger partial charge in [-0.1, -0.05) is 0 Å². The molecule has 1 N–H and O–H groups in total. The fourth-order valence-corrected chi connectivity index (χ4v) is 6.03. The van der Waals surface area contributed by atoms with E-state index in [1.54, 1.807) is 14.1 Å². The van der Waals surface area contributed by atoms with Crippen LogP contribution in [0.2, 0.25) is 0 Å². The van der Waals surface area contributed by atoms with E-state index in [1.807, 2.05) is 17.5 Å². The van der Waals surface area contributed by atoms with Crippen LogP contribution >= 0.6 is 11.3 Å². The largest absolute Gasteiger partial charge is 0.378 e. The molecule has 202 valence electrons. The molecule has 6 rings (SSSR count). The lowest BCUT2D eigenvalue weighted by Gasteiger charge is -2.31. The van der Waals surface area contributed by atoms with Crippen molar-refractivity contribution in [2.45, 2.75) is 13.5 Å². The molecule has 9 nitrogen and oxygen atoms in total. The number of piperazine rings is 1. The Kier molecular flexibility index (Phi) is 8.23. The number of fused-ring (bicyclic) bond motifs is 2. The molecule has 0 bridgehead atoms. The lowest BCUT2D eigenvalue weighted by molar-refractivity contribution is -0.115. The number of rotatable bonds is 5. The lowest BCUT2D eigenvalue weighted by atomic mass is 10.1. The number of hydrogen-bond donors (Lipinski definition) is 1. The van der Waals surface area contributed by atoms with Crippen molar-refractivity contribution in [1.29, 1.82) is 0 Å². The Morgan fingerprint density at radius 3 is 2.53 bits per heavy atom. The highest BCUT2D eigenvalue weighted by atomic mass is 32.1. The van der Waals surface area contributed by atoms with Crippen LogP contribution < -0.4 is 4.90 Å². The topological polar surface area (TPSA) is 80.8 Å². The SMILES string of the molecule is CN(C)C=O.Cc1cc(-c2nc(N3CCOCC3)c3sc(CN4CCN(C)CC4)cc3n2)c2cc[nH]c2c1. The summed E-state index contributed by atoms with van der Waals surface area (Å²) in [7, 11) is 5.58. The Hall–Kier alpha value is -3.05. The van der Waals surface area contributed by atoms with E-state index < -0.39 is 0 Å². The smallest absolute Gasteiger partial charge is 0.209 e. The first kappa shape index (κ1) is 26.6. The minimum atomic E-state index is 0.743. The first-order chi connectivity index (χ1) is 18.4. The zero-order valence-electron chi connectivity index (χ0n) is 22.7. The van der Waals surface area contributed by atoms with Crippen LogP contribution in [0.25, 0.3) is 32.5 Å². The van der Waals surface area contributed by atoms with E-state index in [2.05, 4.69) is 57.9 Å². The molecule has 5 heterocycles. The fourth-order valence-electron chi connectivity index (χ4n) is 4.87. The van der Waals surface area contributed by atoms with Crippen LogP contribution in [0.4, 0.5) is 5.82 Å². The number of carbonyl (C=O) groups is 1. The molecule has 38 heavy (non-hydrogen) atoms. The predicted octanol–water partition coefficient (Wildman–Crippen LogP) is 3.44. The van der Waals surface area contributed by atoms with Crippen LogP contribution in [-0.2, 0) is 16.1 Å². The molecular formula is C28H37N7O2S. The van der Waals surface area contributed by atoms with Gasteiger partial charge in [0.15, 0.2) is 11.6 Å². The van der Waals surface area contributed by atoms with Gasteiger partial charge in [-0.05, 0) is 43.8 Å². The van der Waals surface area contributed by atoms with E-state index in [-0.39, 0.29) is 0 Å². The van der Waals surface area contributed by atoms with E-state index in [1.165, 1.54) is 25.4 Å². The number of nitrogens with zero attached hydrogens (tertiary/aromatic N) is 6. The summed E-state index contributed by atoms with van der Waals surface area (Å²) >= 11 is 1.86. The monoisotopic (exact) mass is 535 g/mol. The minimum Gasteiger partial charge on any atom is -0.378 e. The molecule has 1 aromatic carbocycles. The van der Waals surface area contributed by atoms with Crippen LogP contribution in [0.15, 0.2) is 30.5 Å². The number of hydrogen-bond acceptors (Lipinski definition) is 8. The molecule has 0 saturated carbocycles. The summed E-state index contributed by atoms with van der Waals surface area (Å²) in [5.74, 6) is 1.86. The number of morpholine rings is 1. The van der Waals surface area contributed by atoms with Gasteiger partial charge in [-0.25, -0.2) is 9.97 Å². The highest BCUT2D eigenvalue weighted by Gasteiger charge is 2.22. The Balaban J connectivity index is 0.000000540. The van der Waals surface area contributed by atoms with Gasteiger partial charge in [-0.3, -0.25) is 9.69 Å². The zero-order chi connectivity index (χ0) is 26.6. The number of likely N-dealkylation sites (N-methyl/N-ethyl adjacent to an activating group) is 1. The van der Waals surface area contributed by atoms with Gasteiger partial charge in [0.05, 0.1) is 23.4 Å². The number of aryl methyl sites for hydroxylation is 1. The molecule has 1 amide bonds. The summed E-state index contributed by atoms with van der Waals surface area (Å²) in [6.07, 6.45) is 2.74. The van der Waals surface area contributed by atoms with Gasteiger partial charge >= 0.3 is 0 Å². The molecular weight excluding hydrogens is 498 g/mol. The Morgan fingerprint density at radius 1 is 1.08 bits per heavy atom. The molecule has 2 fully saturated rings. The van der Waals surface area contributed by atoms with Crippen molar-refractivity contribution in [1.82, 2.24) is 29.7 Å². The van der Waals surface area contributed by atoms with Gasteiger partial charge in [0.1, 0.15) is 0 Å². The standard InChI is InChI=1S/C25H30N6OS.C3H7NO/c1-17-13-20(19-3-4-26-21(19)14-17)24-27-22-15-18(16-30-7-5-29(2)6-8-30)33-23(22)25(28-24)31-9-11-32-12-10-31;1-4(2)3-5/h3-4,13-15,26H,5-12,16H2,1-2H3;3H,1-2H3. The number of ether oxygens (including phenoxy) is 1. The van der Waals surface area contributed by atoms with Gasteiger partial charge in [-0.15, -0.1) is 11.3 Å². The van der Waals surface area contributed by atoms with Crippen molar-refractivity contribution >= 4 is 44.7 Å². The maximum atomic E-state index is 9.43. The number of nitrogens with one attached hydrogen (secondary N) is 1. The van der Waals surface area contributed by atoms with Crippen LogP contribution in [0.1, 0.15) is 10.4 Å². The molecule has 10 heteroatoms. The predicted molar refractivity (Wildman–Crippen MR) is 155 cm³/mol. The number of carbonyl (C=O) groups excluding carboxylic acids is 1. The summed E-state index contributed by atoms with van der Waals surface area (Å²) in [6, 6.07) is 8.80. The molecule has 0 atom stereocenters. The third kappa shape index (κ3) is 5.99. The third-order valence-electron chi connectivity index (χ3n) is 6.96. The maximum Gasteiger partial charge on any atom is 0.209 e. The van der Waals surface area contributed by atoms with Gasteiger partial charge in [0.25, 0.3) is 0 Å². The average molecular weight is 536 g/mol. The second-order valence-corrected chi connectivity index (χ2v) is 11.4. The number of H-pyrrole nitrogens is 1. The number of amides is 1. The summed E-state index contributed by atoms with van der Waals surface area (Å²) < 4.78 is 6.83. The molecule has 3 aromatic heterocycles. The van der Waals surface area contributed by atoms with Crippen molar-refractivity contribution < 1.29 is 9.53 Å². The molecule has 2 aliphatic rings. The highest BCUT2D eigenvalue weighted by molar-refractivity contribution is 7.19. The normalized spacial score (nSPS) is 17.0. The van der Waals surface area contributed by atoms with Crippen molar-refractivity contribution in [2.75, 3.05) is 78.5 Å². The van der Waals surface area contributed by atoms with Crippen molar-refractivity contribution in [2.24, 2.45) is 0 Å². The number of anilines is 1. The quantitative estimate of drug-likeness (QED) is 0.392. The second-order valence-electron chi connectivity index (χ2n) is 10.3. The molecule has 0 unspecified atom stereocenters. The fraction of sp³-hybridized carbons (Fsp3) is 0.464. The van der Waals surface area contributed by atoms with Crippen molar-refractivity contribution in [3.8, 4) is 11.4 Å². The average Bonchev–Trinajstić information content (AvgIpc) is 3.56. The van der Waals surface area contributed by atoms with E-state index in [9.17, 15) is 4.79 Å². The molecule has 0 radical (unpaired) electrons. The van der Waals surface area contributed by atoms with Gasteiger partial charge in [-0.2, -0.15) is 0 Å². The number of aromatic amines is 1. The van der Waals surface area contributed by atoms with Crippen LogP contribution in [0.5, 0.6) is 0 Å². The second kappa shape index (κ2) is 11.8. The Bertz CT molecular complexity index is 1380. The van der Waals surface area contributed by atoms with Crippen LogP contribution in [0.3, 0.4) is 0 Å².